The number of hydrogen-bond donors (Lipinski definition) is 0. The van der Waals surface area contributed by atoms with Gasteiger partial charge in [-0.3, -0.25) is 9.36 Å². The Morgan fingerprint density at radius 1 is 0.917 bits per heavy atom. The fourth-order valence-corrected chi connectivity index (χ4v) is 6.09. The summed E-state index contributed by atoms with van der Waals surface area (Å²) in [6.07, 6.45) is 14.7. The number of rotatable bonds is 17. The predicted octanol–water partition coefficient (Wildman–Crippen LogP) is 7.27. The monoisotopic (exact) mass is 513 g/mol. The van der Waals surface area contributed by atoms with Gasteiger partial charge in [0.25, 0.3) is 5.56 Å². The SMILES string of the molecule is CCCCCCC(C)n1cnc2c(sc3nccc(N(CC)CCN(CC)CCCCCC)c32)c1=O. The molecule has 3 heterocycles. The van der Waals surface area contributed by atoms with E-state index in [4.69, 9.17) is 4.98 Å². The molecule has 0 aromatic carbocycles. The van der Waals surface area contributed by atoms with Gasteiger partial charge in [-0.15, -0.1) is 11.3 Å². The first kappa shape index (κ1) is 28.6. The second kappa shape index (κ2) is 14.7. The molecule has 1 unspecified atom stereocenters. The zero-order valence-electron chi connectivity index (χ0n) is 23.3. The summed E-state index contributed by atoms with van der Waals surface area (Å²) < 4.78 is 2.56. The highest BCUT2D eigenvalue weighted by molar-refractivity contribution is 7.25. The average molecular weight is 514 g/mol. The largest absolute Gasteiger partial charge is 0.370 e. The summed E-state index contributed by atoms with van der Waals surface area (Å²) in [4.78, 5) is 28.8. The van der Waals surface area contributed by atoms with E-state index in [1.54, 1.807) is 6.33 Å². The quantitative estimate of drug-likeness (QED) is 0.178. The Morgan fingerprint density at radius 2 is 1.67 bits per heavy atom. The Bertz CT molecular complexity index is 1120. The van der Waals surface area contributed by atoms with Crippen molar-refractivity contribution in [2.75, 3.05) is 37.6 Å². The van der Waals surface area contributed by atoms with Gasteiger partial charge >= 0.3 is 0 Å². The molecule has 3 rings (SSSR count). The Morgan fingerprint density at radius 3 is 2.36 bits per heavy atom. The minimum Gasteiger partial charge on any atom is -0.370 e. The minimum atomic E-state index is 0.0734. The number of aromatic nitrogens is 3. The molecule has 7 heteroatoms. The van der Waals surface area contributed by atoms with Crippen LogP contribution in [0.5, 0.6) is 0 Å². The first-order chi connectivity index (χ1) is 17.5. The molecule has 0 saturated heterocycles. The lowest BCUT2D eigenvalue weighted by Gasteiger charge is -2.28. The second-order valence-electron chi connectivity index (χ2n) is 10.0. The van der Waals surface area contributed by atoms with Crippen LogP contribution in [0.1, 0.15) is 98.4 Å². The van der Waals surface area contributed by atoms with E-state index >= 15 is 0 Å². The van der Waals surface area contributed by atoms with Crippen molar-refractivity contribution in [1.29, 1.82) is 0 Å². The first-order valence-electron chi connectivity index (χ1n) is 14.3. The zero-order valence-corrected chi connectivity index (χ0v) is 24.1. The molecule has 0 radical (unpaired) electrons. The third-order valence-corrected chi connectivity index (χ3v) is 8.49. The number of pyridine rings is 1. The molecule has 0 aliphatic rings. The molecule has 0 saturated carbocycles. The van der Waals surface area contributed by atoms with Gasteiger partial charge in [0.15, 0.2) is 0 Å². The lowest BCUT2D eigenvalue weighted by Crippen LogP contribution is -2.35. The Balaban J connectivity index is 1.82. The molecule has 36 heavy (non-hydrogen) atoms. The number of thiophene rings is 1. The molecule has 6 nitrogen and oxygen atoms in total. The third-order valence-electron chi connectivity index (χ3n) is 7.42. The summed E-state index contributed by atoms with van der Waals surface area (Å²) in [5, 5.41) is 1.03. The van der Waals surface area contributed by atoms with Crippen molar-refractivity contribution < 1.29 is 0 Å². The fourth-order valence-electron chi connectivity index (χ4n) is 5.03. The first-order valence-corrected chi connectivity index (χ1v) is 15.1. The highest BCUT2D eigenvalue weighted by Gasteiger charge is 2.20. The summed E-state index contributed by atoms with van der Waals surface area (Å²) >= 11 is 1.49. The van der Waals surface area contributed by atoms with Gasteiger partial charge in [0.05, 0.1) is 22.9 Å². The van der Waals surface area contributed by atoms with Crippen molar-refractivity contribution in [3.05, 3.63) is 28.9 Å². The summed E-state index contributed by atoms with van der Waals surface area (Å²) in [5.41, 5.74) is 2.03. The van der Waals surface area contributed by atoms with E-state index in [0.717, 1.165) is 65.1 Å². The maximum absolute atomic E-state index is 13.5. The Kier molecular flexibility index (Phi) is 11.6. The predicted molar refractivity (Wildman–Crippen MR) is 157 cm³/mol. The summed E-state index contributed by atoms with van der Waals surface area (Å²) in [6, 6.07) is 2.26. The van der Waals surface area contributed by atoms with Crippen molar-refractivity contribution in [3.63, 3.8) is 0 Å². The maximum Gasteiger partial charge on any atom is 0.271 e. The van der Waals surface area contributed by atoms with E-state index < -0.39 is 0 Å². The van der Waals surface area contributed by atoms with Crippen LogP contribution in [-0.4, -0.2) is 52.2 Å². The number of unbranched alkanes of at least 4 members (excludes halogenated alkanes) is 6. The summed E-state index contributed by atoms with van der Waals surface area (Å²) in [5.74, 6) is 0. The lowest BCUT2D eigenvalue weighted by atomic mass is 10.1. The van der Waals surface area contributed by atoms with E-state index in [1.165, 1.54) is 62.8 Å². The number of fused-ring (bicyclic) bond motifs is 3. The number of hydrogen-bond acceptors (Lipinski definition) is 6. The summed E-state index contributed by atoms with van der Waals surface area (Å²) in [7, 11) is 0. The van der Waals surface area contributed by atoms with E-state index in [9.17, 15) is 4.79 Å². The molecule has 0 bridgehead atoms. The lowest BCUT2D eigenvalue weighted by molar-refractivity contribution is 0.286. The number of likely N-dealkylation sites (N-methyl/N-ethyl adjacent to an activating group) is 2. The van der Waals surface area contributed by atoms with Crippen molar-refractivity contribution in [2.45, 2.75) is 98.4 Å². The average Bonchev–Trinajstić information content (AvgIpc) is 3.28. The van der Waals surface area contributed by atoms with Crippen molar-refractivity contribution in [3.8, 4) is 0 Å². The molecule has 0 aliphatic heterocycles. The van der Waals surface area contributed by atoms with Gasteiger partial charge in [0.2, 0.25) is 0 Å². The van der Waals surface area contributed by atoms with Gasteiger partial charge in [-0.2, -0.15) is 0 Å². The van der Waals surface area contributed by atoms with Crippen LogP contribution >= 0.6 is 11.3 Å². The van der Waals surface area contributed by atoms with Gasteiger partial charge in [-0.05, 0) is 45.8 Å². The normalized spacial score (nSPS) is 12.7. The van der Waals surface area contributed by atoms with Gasteiger partial charge in [0, 0.05) is 31.9 Å². The van der Waals surface area contributed by atoms with Crippen LogP contribution in [0, 0.1) is 0 Å². The molecular formula is C29H47N5OS. The van der Waals surface area contributed by atoms with Crippen molar-refractivity contribution in [2.24, 2.45) is 0 Å². The van der Waals surface area contributed by atoms with Crippen LogP contribution in [0.25, 0.3) is 20.4 Å². The highest BCUT2D eigenvalue weighted by Crippen LogP contribution is 2.36. The van der Waals surface area contributed by atoms with Crippen LogP contribution in [0.15, 0.2) is 23.4 Å². The number of anilines is 1. The van der Waals surface area contributed by atoms with E-state index in [-0.39, 0.29) is 11.6 Å². The van der Waals surface area contributed by atoms with Gasteiger partial charge in [-0.1, -0.05) is 65.7 Å². The van der Waals surface area contributed by atoms with Crippen molar-refractivity contribution in [1.82, 2.24) is 19.4 Å². The molecule has 0 spiro atoms. The molecule has 3 aromatic rings. The van der Waals surface area contributed by atoms with Crippen LogP contribution in [-0.2, 0) is 0 Å². The summed E-state index contributed by atoms with van der Waals surface area (Å²) in [6.45, 7) is 16.2. The molecule has 1 atom stereocenters. The van der Waals surface area contributed by atoms with Gasteiger partial charge < -0.3 is 9.80 Å². The van der Waals surface area contributed by atoms with Crippen LogP contribution < -0.4 is 10.5 Å². The molecule has 3 aromatic heterocycles. The van der Waals surface area contributed by atoms with E-state index in [2.05, 4.69) is 55.5 Å². The minimum absolute atomic E-state index is 0.0734. The van der Waals surface area contributed by atoms with Crippen LogP contribution in [0.4, 0.5) is 5.69 Å². The molecule has 0 amide bonds. The molecule has 0 N–H and O–H groups in total. The number of nitrogens with zero attached hydrogens (tertiary/aromatic N) is 5. The topological polar surface area (TPSA) is 54.3 Å². The Hall–Kier alpha value is -1.99. The van der Waals surface area contributed by atoms with Crippen LogP contribution in [0.2, 0.25) is 0 Å². The maximum atomic E-state index is 13.5. The molecule has 0 aliphatic carbocycles. The van der Waals surface area contributed by atoms with Crippen LogP contribution in [0.3, 0.4) is 0 Å². The third kappa shape index (κ3) is 7.06. The molecule has 200 valence electrons. The van der Waals surface area contributed by atoms with Gasteiger partial charge in [-0.25, -0.2) is 9.97 Å². The second-order valence-corrected chi connectivity index (χ2v) is 11.0. The van der Waals surface area contributed by atoms with Gasteiger partial charge in [0.1, 0.15) is 9.53 Å². The molecule has 0 fully saturated rings. The smallest absolute Gasteiger partial charge is 0.271 e. The zero-order chi connectivity index (χ0) is 25.9. The Labute approximate surface area is 221 Å². The van der Waals surface area contributed by atoms with E-state index in [0.29, 0.717) is 0 Å². The highest BCUT2D eigenvalue weighted by atomic mass is 32.1. The fraction of sp³-hybridized carbons (Fsp3) is 0.690. The standard InChI is InChI=1S/C29H47N5OS/c1-6-10-12-14-16-23(5)34-22-31-26-25-24(17-18-30-28(25)36-27(26)29(34)35)33(9-4)21-20-32(8-3)19-15-13-11-7-2/h17-18,22-23H,6-16,19-21H2,1-5H3. The van der Waals surface area contributed by atoms with Crippen molar-refractivity contribution >= 4 is 37.5 Å². The molecular weight excluding hydrogens is 466 g/mol. The van der Waals surface area contributed by atoms with E-state index in [1.807, 2.05) is 10.8 Å².